The molecule has 1 heterocycles. The second-order valence-corrected chi connectivity index (χ2v) is 8.98. The third-order valence-electron chi connectivity index (χ3n) is 4.69. The van der Waals surface area contributed by atoms with E-state index in [0.717, 1.165) is 5.56 Å². The number of benzene rings is 2. The Morgan fingerprint density at radius 3 is 2.46 bits per heavy atom. The van der Waals surface area contributed by atoms with Crippen molar-refractivity contribution in [1.29, 1.82) is 0 Å². The van der Waals surface area contributed by atoms with E-state index in [1.54, 1.807) is 0 Å². The molecule has 0 spiro atoms. The molecule has 1 saturated heterocycles. The Kier molecular flexibility index (Phi) is 5.74. The van der Waals surface area contributed by atoms with E-state index >= 15 is 0 Å². The molecule has 9 heteroatoms. The number of hydrogen-bond donors (Lipinski definition) is 1. The van der Waals surface area contributed by atoms with Gasteiger partial charge in [-0.2, -0.15) is 4.31 Å². The van der Waals surface area contributed by atoms with Crippen molar-refractivity contribution >= 4 is 33.5 Å². The van der Waals surface area contributed by atoms with E-state index in [0.29, 0.717) is 6.42 Å². The zero-order chi connectivity index (χ0) is 20.5. The van der Waals surface area contributed by atoms with Crippen LogP contribution in [0.1, 0.15) is 22.3 Å². The van der Waals surface area contributed by atoms with Crippen molar-refractivity contribution in [3.63, 3.8) is 0 Å². The van der Waals surface area contributed by atoms with Crippen molar-refractivity contribution in [2.24, 2.45) is 0 Å². The summed E-state index contributed by atoms with van der Waals surface area (Å²) in [7, 11) is -2.41. The van der Waals surface area contributed by atoms with Crippen molar-refractivity contribution in [3.8, 4) is 0 Å². The molecular formula is C19H19ClN2O5S. The number of carbonyl (C=O) groups is 2. The van der Waals surface area contributed by atoms with Crippen LogP contribution in [0.4, 0.5) is 0 Å². The number of aliphatic carboxylic acids is 1. The van der Waals surface area contributed by atoms with E-state index in [1.807, 2.05) is 30.3 Å². The minimum Gasteiger partial charge on any atom is -0.480 e. The number of carboxylic acid groups (broad SMARTS) is 1. The largest absolute Gasteiger partial charge is 0.480 e. The third-order valence-corrected chi connectivity index (χ3v) is 6.82. The van der Waals surface area contributed by atoms with Gasteiger partial charge >= 0.3 is 5.97 Å². The number of amides is 1. The van der Waals surface area contributed by atoms with Gasteiger partial charge in [-0.15, -0.1) is 0 Å². The molecule has 1 atom stereocenters. The summed E-state index contributed by atoms with van der Waals surface area (Å²) in [4.78, 5) is 24.9. The average Bonchev–Trinajstić information content (AvgIpc) is 2.61. The quantitative estimate of drug-likeness (QED) is 0.771. The van der Waals surface area contributed by atoms with Crippen LogP contribution in [0, 0.1) is 0 Å². The number of nitrogens with zero attached hydrogens (tertiary/aromatic N) is 2. The number of carboxylic acids is 1. The first-order valence-corrected chi connectivity index (χ1v) is 10.4. The molecule has 148 valence electrons. The van der Waals surface area contributed by atoms with Gasteiger partial charge in [0.1, 0.15) is 6.04 Å². The highest BCUT2D eigenvalue weighted by Gasteiger charge is 2.38. The van der Waals surface area contributed by atoms with Crippen molar-refractivity contribution in [2.75, 3.05) is 13.6 Å². The smallest absolute Gasteiger partial charge is 0.326 e. The van der Waals surface area contributed by atoms with E-state index in [2.05, 4.69) is 0 Å². The molecule has 0 bridgehead atoms. The summed E-state index contributed by atoms with van der Waals surface area (Å²) in [5.74, 6) is -1.69. The molecule has 2 aromatic carbocycles. The van der Waals surface area contributed by atoms with Gasteiger partial charge in [0.2, 0.25) is 10.0 Å². The summed E-state index contributed by atoms with van der Waals surface area (Å²) in [6, 6.07) is 12.1. The number of sulfonamides is 1. The van der Waals surface area contributed by atoms with E-state index in [9.17, 15) is 18.0 Å². The fourth-order valence-electron chi connectivity index (χ4n) is 2.98. The van der Waals surface area contributed by atoms with E-state index in [-0.39, 0.29) is 28.6 Å². The number of halogens is 1. The molecule has 0 aromatic heterocycles. The first-order valence-electron chi connectivity index (χ1n) is 8.55. The number of hydrogen-bond acceptors (Lipinski definition) is 4. The summed E-state index contributed by atoms with van der Waals surface area (Å²) in [6.45, 7) is 0.458. The molecule has 0 saturated carbocycles. The molecule has 1 aliphatic rings. The summed E-state index contributed by atoms with van der Waals surface area (Å²) < 4.78 is 27.0. The maximum Gasteiger partial charge on any atom is 0.326 e. The molecule has 1 fully saturated rings. The van der Waals surface area contributed by atoms with Crippen LogP contribution < -0.4 is 0 Å². The van der Waals surface area contributed by atoms with Crippen molar-refractivity contribution < 1.29 is 23.1 Å². The van der Waals surface area contributed by atoms with Gasteiger partial charge in [0.15, 0.2) is 0 Å². The Bertz CT molecular complexity index is 1010. The molecule has 7 nitrogen and oxygen atoms in total. The minimum absolute atomic E-state index is 0.0261. The summed E-state index contributed by atoms with van der Waals surface area (Å²) >= 11 is 6.10. The predicted molar refractivity (Wildman–Crippen MR) is 104 cm³/mol. The normalized spacial score (nSPS) is 16.7. The Morgan fingerprint density at radius 1 is 1.21 bits per heavy atom. The molecular weight excluding hydrogens is 404 g/mol. The van der Waals surface area contributed by atoms with Crippen LogP contribution in [0.25, 0.3) is 0 Å². The minimum atomic E-state index is -3.87. The lowest BCUT2D eigenvalue weighted by molar-refractivity contribution is -0.146. The Hall–Kier alpha value is -2.42. The first-order chi connectivity index (χ1) is 13.2. The fraction of sp³-hybridized carbons (Fsp3) is 0.263. The molecule has 28 heavy (non-hydrogen) atoms. The number of rotatable bonds is 6. The fourth-order valence-corrected chi connectivity index (χ4v) is 4.36. The highest BCUT2D eigenvalue weighted by atomic mass is 35.5. The molecule has 1 unspecified atom stereocenters. The van der Waals surface area contributed by atoms with Crippen LogP contribution in [-0.4, -0.2) is 54.2 Å². The van der Waals surface area contributed by atoms with Crippen molar-refractivity contribution in [2.45, 2.75) is 23.9 Å². The maximum absolute atomic E-state index is 12.9. The second kappa shape index (κ2) is 7.90. The lowest BCUT2D eigenvalue weighted by Crippen LogP contribution is -2.55. The molecule has 0 aliphatic carbocycles. The molecule has 1 N–H and O–H groups in total. The highest BCUT2D eigenvalue weighted by molar-refractivity contribution is 7.89. The molecule has 1 amide bonds. The standard InChI is InChI=1S/C19H19ClN2O5S/c1-21(12-13-5-3-2-4-6-13)28(26,27)14-7-8-16(20)15(11-14)18(23)22-10-9-17(22)19(24)25/h2-8,11,17H,9-10,12H2,1H3,(H,24,25). The van der Waals surface area contributed by atoms with Gasteiger partial charge in [0.05, 0.1) is 15.5 Å². The summed E-state index contributed by atoms with van der Waals surface area (Å²) in [6.07, 6.45) is 0.358. The SMILES string of the molecule is CN(Cc1ccccc1)S(=O)(=O)c1ccc(Cl)c(C(=O)N2CCC2C(=O)O)c1. The van der Waals surface area contributed by atoms with Gasteiger partial charge in [-0.05, 0) is 30.2 Å². The molecule has 3 rings (SSSR count). The zero-order valence-corrected chi connectivity index (χ0v) is 16.7. The van der Waals surface area contributed by atoms with Crippen molar-refractivity contribution in [3.05, 3.63) is 64.7 Å². The van der Waals surface area contributed by atoms with E-state index in [1.165, 1.54) is 34.5 Å². The van der Waals surface area contributed by atoms with Gasteiger partial charge in [-0.3, -0.25) is 4.79 Å². The Balaban J connectivity index is 1.87. The van der Waals surface area contributed by atoms with Gasteiger partial charge in [0.25, 0.3) is 5.91 Å². The summed E-state index contributed by atoms with van der Waals surface area (Å²) in [5.41, 5.74) is 0.797. The lowest BCUT2D eigenvalue weighted by Gasteiger charge is -2.38. The van der Waals surface area contributed by atoms with Crippen LogP contribution in [0.2, 0.25) is 5.02 Å². The Morgan fingerprint density at radius 2 is 1.89 bits per heavy atom. The predicted octanol–water partition coefficient (Wildman–Crippen LogP) is 2.46. The van der Waals surface area contributed by atoms with Gasteiger partial charge < -0.3 is 10.0 Å². The first kappa shape index (κ1) is 20.3. The number of carbonyl (C=O) groups excluding carboxylic acids is 1. The molecule has 2 aromatic rings. The van der Waals surface area contributed by atoms with Crippen LogP contribution in [0.15, 0.2) is 53.4 Å². The van der Waals surface area contributed by atoms with Crippen LogP contribution in [0.5, 0.6) is 0 Å². The van der Waals surface area contributed by atoms with Crippen LogP contribution in [0.3, 0.4) is 0 Å². The van der Waals surface area contributed by atoms with Gasteiger partial charge in [0, 0.05) is 20.1 Å². The second-order valence-electron chi connectivity index (χ2n) is 6.53. The molecule has 0 radical (unpaired) electrons. The lowest BCUT2D eigenvalue weighted by atomic mass is 10.0. The Labute approximate surface area is 168 Å². The zero-order valence-electron chi connectivity index (χ0n) is 15.1. The van der Waals surface area contributed by atoms with E-state index in [4.69, 9.17) is 16.7 Å². The third kappa shape index (κ3) is 3.89. The monoisotopic (exact) mass is 422 g/mol. The molecule has 1 aliphatic heterocycles. The topological polar surface area (TPSA) is 95.0 Å². The maximum atomic E-state index is 12.9. The van der Waals surface area contributed by atoms with Crippen LogP contribution >= 0.6 is 11.6 Å². The summed E-state index contributed by atoms with van der Waals surface area (Å²) in [5, 5.41) is 9.21. The van der Waals surface area contributed by atoms with Crippen molar-refractivity contribution in [1.82, 2.24) is 9.21 Å². The average molecular weight is 423 g/mol. The highest BCUT2D eigenvalue weighted by Crippen LogP contribution is 2.28. The van der Waals surface area contributed by atoms with E-state index < -0.39 is 27.9 Å². The number of likely N-dealkylation sites (tertiary alicyclic amines) is 1. The van der Waals surface area contributed by atoms with Gasteiger partial charge in [-0.25, -0.2) is 13.2 Å². The van der Waals surface area contributed by atoms with Gasteiger partial charge in [-0.1, -0.05) is 41.9 Å². The van der Waals surface area contributed by atoms with Crippen LogP contribution in [-0.2, 0) is 21.4 Å².